The van der Waals surface area contributed by atoms with Gasteiger partial charge in [0.15, 0.2) is 0 Å². The molecule has 0 spiro atoms. The van der Waals surface area contributed by atoms with Gasteiger partial charge >= 0.3 is 0 Å². The Morgan fingerprint density at radius 1 is 1.53 bits per heavy atom. The van der Waals surface area contributed by atoms with Crippen LogP contribution in [0, 0.1) is 11.8 Å². The van der Waals surface area contributed by atoms with Crippen LogP contribution < -0.4 is 5.32 Å². The molecule has 1 aliphatic rings. The fourth-order valence-corrected chi connectivity index (χ4v) is 2.09. The summed E-state index contributed by atoms with van der Waals surface area (Å²) >= 11 is 0. The van der Waals surface area contributed by atoms with Crippen molar-refractivity contribution in [1.82, 2.24) is 10.2 Å². The van der Waals surface area contributed by atoms with Crippen molar-refractivity contribution >= 4 is 5.91 Å². The Hall–Kier alpha value is -0.570. The van der Waals surface area contributed by atoms with Crippen LogP contribution in [0.5, 0.6) is 0 Å². The number of piperidine rings is 1. The van der Waals surface area contributed by atoms with Crippen LogP contribution in [-0.2, 0) is 4.79 Å². The van der Waals surface area contributed by atoms with E-state index in [4.69, 9.17) is 0 Å². The molecule has 1 rings (SSSR count). The normalized spacial score (nSPS) is 23.1. The highest BCUT2D eigenvalue weighted by atomic mass is 16.1. The Kier molecular flexibility index (Phi) is 5.09. The van der Waals surface area contributed by atoms with E-state index < -0.39 is 0 Å². The number of nitrogens with zero attached hydrogens (tertiary/aromatic N) is 1. The van der Waals surface area contributed by atoms with Crippen molar-refractivity contribution in [3.63, 3.8) is 0 Å². The molecule has 0 aromatic heterocycles. The van der Waals surface area contributed by atoms with E-state index >= 15 is 0 Å². The Morgan fingerprint density at radius 3 is 2.87 bits per heavy atom. The summed E-state index contributed by atoms with van der Waals surface area (Å²) in [7, 11) is 2.14. The van der Waals surface area contributed by atoms with Crippen LogP contribution in [0.4, 0.5) is 0 Å². The molecule has 1 heterocycles. The lowest BCUT2D eigenvalue weighted by molar-refractivity contribution is -0.122. The van der Waals surface area contributed by atoms with Gasteiger partial charge in [0.2, 0.25) is 5.91 Å². The average molecular weight is 212 g/mol. The molecule has 15 heavy (non-hydrogen) atoms. The van der Waals surface area contributed by atoms with Gasteiger partial charge in [-0.1, -0.05) is 13.8 Å². The number of hydrogen-bond acceptors (Lipinski definition) is 2. The third-order valence-corrected chi connectivity index (χ3v) is 2.90. The van der Waals surface area contributed by atoms with E-state index in [1.807, 2.05) is 0 Å². The number of likely N-dealkylation sites (tertiary alicyclic amines) is 1. The number of rotatable bonds is 4. The summed E-state index contributed by atoms with van der Waals surface area (Å²) in [5.41, 5.74) is 0. The molecular formula is C12H24N2O. The van der Waals surface area contributed by atoms with Crippen molar-refractivity contribution < 1.29 is 4.79 Å². The van der Waals surface area contributed by atoms with Crippen LogP contribution in [0.15, 0.2) is 0 Å². The molecule has 0 radical (unpaired) electrons. The van der Waals surface area contributed by atoms with Crippen molar-refractivity contribution in [2.24, 2.45) is 11.8 Å². The molecule has 1 fully saturated rings. The smallest absolute Gasteiger partial charge is 0.220 e. The summed E-state index contributed by atoms with van der Waals surface area (Å²) in [6.45, 7) is 7.31. The molecule has 0 aromatic rings. The zero-order valence-corrected chi connectivity index (χ0v) is 10.3. The molecule has 1 N–H and O–H groups in total. The van der Waals surface area contributed by atoms with Gasteiger partial charge in [0.05, 0.1) is 0 Å². The number of carbonyl (C=O) groups excluding carboxylic acids is 1. The van der Waals surface area contributed by atoms with Gasteiger partial charge in [-0.2, -0.15) is 0 Å². The molecule has 0 aliphatic carbocycles. The van der Waals surface area contributed by atoms with Gasteiger partial charge in [0.25, 0.3) is 0 Å². The van der Waals surface area contributed by atoms with Gasteiger partial charge in [-0.25, -0.2) is 0 Å². The van der Waals surface area contributed by atoms with E-state index in [9.17, 15) is 4.79 Å². The maximum Gasteiger partial charge on any atom is 0.220 e. The van der Waals surface area contributed by atoms with Crippen LogP contribution in [0.1, 0.15) is 33.1 Å². The Labute approximate surface area is 93.2 Å². The molecule has 3 heteroatoms. The van der Waals surface area contributed by atoms with E-state index in [2.05, 4.69) is 31.1 Å². The molecule has 0 saturated carbocycles. The largest absolute Gasteiger partial charge is 0.356 e. The minimum atomic E-state index is 0.226. The third kappa shape index (κ3) is 5.17. The summed E-state index contributed by atoms with van der Waals surface area (Å²) < 4.78 is 0. The fourth-order valence-electron chi connectivity index (χ4n) is 2.09. The number of amides is 1. The maximum absolute atomic E-state index is 11.6. The third-order valence-electron chi connectivity index (χ3n) is 2.90. The Morgan fingerprint density at radius 2 is 2.27 bits per heavy atom. The molecule has 1 atom stereocenters. The zero-order valence-electron chi connectivity index (χ0n) is 10.3. The van der Waals surface area contributed by atoms with Crippen molar-refractivity contribution in [2.75, 3.05) is 26.7 Å². The first kappa shape index (κ1) is 12.5. The quantitative estimate of drug-likeness (QED) is 0.766. The molecule has 1 saturated heterocycles. The van der Waals surface area contributed by atoms with Gasteiger partial charge in [0, 0.05) is 19.5 Å². The predicted octanol–water partition coefficient (Wildman–Crippen LogP) is 1.49. The van der Waals surface area contributed by atoms with Gasteiger partial charge in [0.1, 0.15) is 0 Å². The summed E-state index contributed by atoms with van der Waals surface area (Å²) in [6, 6.07) is 0. The maximum atomic E-state index is 11.6. The van der Waals surface area contributed by atoms with Crippen LogP contribution in [0.25, 0.3) is 0 Å². The SMILES string of the molecule is CC(C)CNC(=O)CC1CCCN(C)C1. The van der Waals surface area contributed by atoms with Crippen molar-refractivity contribution in [1.29, 1.82) is 0 Å². The monoisotopic (exact) mass is 212 g/mol. The highest BCUT2D eigenvalue weighted by Crippen LogP contribution is 2.18. The fraction of sp³-hybridized carbons (Fsp3) is 0.917. The summed E-state index contributed by atoms with van der Waals surface area (Å²) in [5, 5.41) is 2.99. The molecule has 3 nitrogen and oxygen atoms in total. The summed E-state index contributed by atoms with van der Waals surface area (Å²) in [4.78, 5) is 13.9. The van der Waals surface area contributed by atoms with Crippen molar-refractivity contribution in [2.45, 2.75) is 33.1 Å². The first-order valence-electron chi connectivity index (χ1n) is 6.03. The lowest BCUT2D eigenvalue weighted by atomic mass is 9.95. The lowest BCUT2D eigenvalue weighted by Crippen LogP contribution is -2.36. The van der Waals surface area contributed by atoms with E-state index in [1.54, 1.807) is 0 Å². The second kappa shape index (κ2) is 6.11. The highest BCUT2D eigenvalue weighted by Gasteiger charge is 2.19. The average Bonchev–Trinajstić information content (AvgIpc) is 2.15. The Balaban J connectivity index is 2.19. The number of hydrogen-bond donors (Lipinski definition) is 1. The first-order valence-corrected chi connectivity index (χ1v) is 6.03. The molecule has 1 amide bonds. The molecule has 0 aromatic carbocycles. The predicted molar refractivity (Wildman–Crippen MR) is 62.7 cm³/mol. The second-order valence-corrected chi connectivity index (χ2v) is 5.17. The molecular weight excluding hydrogens is 188 g/mol. The Bertz CT molecular complexity index is 204. The molecule has 88 valence electrons. The van der Waals surface area contributed by atoms with Crippen LogP contribution in [-0.4, -0.2) is 37.5 Å². The van der Waals surface area contributed by atoms with Crippen molar-refractivity contribution in [3.8, 4) is 0 Å². The van der Waals surface area contributed by atoms with Gasteiger partial charge < -0.3 is 10.2 Å². The standard InChI is InChI=1S/C12H24N2O/c1-10(2)8-13-12(15)7-11-5-4-6-14(3)9-11/h10-11H,4-9H2,1-3H3,(H,13,15). The lowest BCUT2D eigenvalue weighted by Gasteiger charge is -2.29. The summed E-state index contributed by atoms with van der Waals surface area (Å²) in [5.74, 6) is 1.34. The van der Waals surface area contributed by atoms with E-state index in [0.29, 0.717) is 18.3 Å². The van der Waals surface area contributed by atoms with Crippen LogP contribution in [0.2, 0.25) is 0 Å². The topological polar surface area (TPSA) is 32.3 Å². The zero-order chi connectivity index (χ0) is 11.3. The van der Waals surface area contributed by atoms with Crippen LogP contribution >= 0.6 is 0 Å². The molecule has 1 unspecified atom stereocenters. The number of carbonyl (C=O) groups is 1. The minimum absolute atomic E-state index is 0.226. The van der Waals surface area contributed by atoms with Gasteiger partial charge in [-0.15, -0.1) is 0 Å². The number of nitrogens with one attached hydrogen (secondary N) is 1. The molecule has 1 aliphatic heterocycles. The first-order chi connectivity index (χ1) is 7.08. The van der Waals surface area contributed by atoms with Gasteiger partial charge in [-0.05, 0) is 38.3 Å². The minimum Gasteiger partial charge on any atom is -0.356 e. The van der Waals surface area contributed by atoms with E-state index in [-0.39, 0.29) is 5.91 Å². The van der Waals surface area contributed by atoms with E-state index in [1.165, 1.54) is 19.4 Å². The van der Waals surface area contributed by atoms with Crippen molar-refractivity contribution in [3.05, 3.63) is 0 Å². The highest BCUT2D eigenvalue weighted by molar-refractivity contribution is 5.76. The van der Waals surface area contributed by atoms with E-state index in [0.717, 1.165) is 13.1 Å². The molecule has 0 bridgehead atoms. The second-order valence-electron chi connectivity index (χ2n) is 5.17. The van der Waals surface area contributed by atoms with Gasteiger partial charge in [-0.3, -0.25) is 4.79 Å². The summed E-state index contributed by atoms with van der Waals surface area (Å²) in [6.07, 6.45) is 3.15. The van der Waals surface area contributed by atoms with Crippen LogP contribution in [0.3, 0.4) is 0 Å².